The van der Waals surface area contributed by atoms with Gasteiger partial charge in [0.2, 0.25) is 0 Å². The van der Waals surface area contributed by atoms with E-state index in [2.05, 4.69) is 6.07 Å². The lowest BCUT2D eigenvalue weighted by molar-refractivity contribution is -0.192. The van der Waals surface area contributed by atoms with Gasteiger partial charge in [-0.1, -0.05) is 25.0 Å². The maximum Gasteiger partial charge on any atom is 0.503 e. The van der Waals surface area contributed by atoms with Gasteiger partial charge >= 0.3 is 6.16 Å². The van der Waals surface area contributed by atoms with E-state index in [1.165, 1.54) is 44.6 Å². The number of hydrogen-bond donors (Lipinski definition) is 2. The molecular weight excluding hydrogens is 418 g/mol. The first-order valence-corrected chi connectivity index (χ1v) is 11.1. The number of ether oxygens (including phenoxy) is 2. The summed E-state index contributed by atoms with van der Waals surface area (Å²) in [6.45, 7) is 0.855. The highest BCUT2D eigenvalue weighted by molar-refractivity contribution is 5.53. The molecule has 0 aromatic heterocycles. The van der Waals surface area contributed by atoms with Gasteiger partial charge in [0.05, 0.1) is 12.2 Å². The molecule has 2 saturated heterocycles. The topological polar surface area (TPSA) is 76.0 Å². The molecule has 0 spiro atoms. The molecule has 2 heterocycles. The highest BCUT2D eigenvalue weighted by Gasteiger charge is 2.50. The Morgan fingerprint density at radius 1 is 1.00 bits per heavy atom. The smallest absolute Gasteiger partial charge is 0.457 e. The Morgan fingerprint density at radius 3 is 2.28 bits per heavy atom. The van der Waals surface area contributed by atoms with Crippen LogP contribution in [0.3, 0.4) is 0 Å². The molecule has 4 fully saturated rings. The van der Waals surface area contributed by atoms with Crippen molar-refractivity contribution < 1.29 is 33.3 Å². The predicted octanol–water partition coefficient (Wildman–Crippen LogP) is 6.96. The Kier molecular flexibility index (Phi) is 6.38. The zero-order valence-electron chi connectivity index (χ0n) is 17.9. The van der Waals surface area contributed by atoms with Crippen LogP contribution >= 0.6 is 0 Å². The van der Waals surface area contributed by atoms with Crippen LogP contribution in [-0.2, 0) is 10.3 Å². The van der Waals surface area contributed by atoms with Crippen LogP contribution in [0.2, 0.25) is 0 Å². The largest absolute Gasteiger partial charge is 0.503 e. The Labute approximate surface area is 186 Å². The van der Waals surface area contributed by atoms with E-state index in [4.69, 9.17) is 24.5 Å². The van der Waals surface area contributed by atoms with Crippen molar-refractivity contribution >= 4 is 6.16 Å². The molecule has 6 rings (SSSR count). The quantitative estimate of drug-likeness (QED) is 0.502. The minimum absolute atomic E-state index is 0.227. The minimum Gasteiger partial charge on any atom is -0.457 e. The molecule has 2 aliphatic carbocycles. The van der Waals surface area contributed by atoms with Crippen molar-refractivity contribution in [3.8, 4) is 11.5 Å². The van der Waals surface area contributed by atoms with Crippen LogP contribution < -0.4 is 4.74 Å². The maximum absolute atomic E-state index is 13.5. The molecule has 5 nitrogen and oxygen atoms in total. The second-order valence-electron chi connectivity index (χ2n) is 9.25. The molecule has 172 valence electrons. The maximum atomic E-state index is 13.5. The lowest BCUT2D eigenvalue weighted by Crippen LogP contribution is -2.49. The van der Waals surface area contributed by atoms with Crippen LogP contribution in [0.1, 0.15) is 56.9 Å². The van der Waals surface area contributed by atoms with Gasteiger partial charge in [-0.3, -0.25) is 0 Å². The van der Waals surface area contributed by atoms with Gasteiger partial charge in [0, 0.05) is 6.07 Å². The van der Waals surface area contributed by atoms with Crippen LogP contribution in [-0.4, -0.2) is 23.0 Å². The van der Waals surface area contributed by atoms with Gasteiger partial charge in [0.1, 0.15) is 11.5 Å². The van der Waals surface area contributed by atoms with E-state index in [1.54, 1.807) is 0 Å². The normalized spacial score (nSPS) is 26.2. The molecule has 0 atom stereocenters. The number of hydrogen-bond acceptors (Lipinski definition) is 3. The van der Waals surface area contributed by atoms with Gasteiger partial charge in [-0.25, -0.2) is 13.6 Å². The van der Waals surface area contributed by atoms with Crippen LogP contribution in [0, 0.1) is 23.0 Å². The van der Waals surface area contributed by atoms with E-state index < -0.39 is 17.8 Å². The zero-order valence-corrected chi connectivity index (χ0v) is 17.9. The summed E-state index contributed by atoms with van der Waals surface area (Å²) in [5.41, 5.74) is 1.29. The fraction of sp³-hybridized carbons (Fsp3) is 0.480. The minimum atomic E-state index is -1.83. The fourth-order valence-electron chi connectivity index (χ4n) is 4.89. The van der Waals surface area contributed by atoms with Crippen molar-refractivity contribution in [3.63, 3.8) is 0 Å². The average molecular weight is 446 g/mol. The van der Waals surface area contributed by atoms with E-state index in [0.717, 1.165) is 43.1 Å². The molecule has 0 amide bonds. The van der Waals surface area contributed by atoms with Gasteiger partial charge in [0.15, 0.2) is 11.6 Å². The summed E-state index contributed by atoms with van der Waals surface area (Å²) in [5, 5.41) is 13.9. The summed E-state index contributed by atoms with van der Waals surface area (Å²) < 4.78 is 38.8. The van der Waals surface area contributed by atoms with Gasteiger partial charge in [-0.2, -0.15) is 0 Å². The van der Waals surface area contributed by atoms with Gasteiger partial charge < -0.3 is 19.7 Å². The second-order valence-corrected chi connectivity index (χ2v) is 9.25. The molecule has 2 aromatic carbocycles. The molecule has 7 heteroatoms. The molecule has 2 saturated carbocycles. The van der Waals surface area contributed by atoms with Crippen LogP contribution in [0.5, 0.6) is 11.5 Å². The van der Waals surface area contributed by atoms with E-state index in [0.29, 0.717) is 16.9 Å². The van der Waals surface area contributed by atoms with Gasteiger partial charge in [-0.15, -0.1) is 0 Å². The summed E-state index contributed by atoms with van der Waals surface area (Å²) in [4.78, 5) is 8.56. The van der Waals surface area contributed by atoms with Gasteiger partial charge in [-0.05, 0) is 79.7 Å². The summed E-state index contributed by atoms with van der Waals surface area (Å²) in [5.74, 6) is 0.118. The third kappa shape index (κ3) is 5.21. The highest BCUT2D eigenvalue weighted by Crippen LogP contribution is 2.56. The molecule has 2 aromatic rings. The lowest BCUT2D eigenvalue weighted by Gasteiger charge is -2.53. The first-order chi connectivity index (χ1) is 15.3. The highest BCUT2D eigenvalue weighted by atomic mass is 19.2. The van der Waals surface area contributed by atoms with Crippen LogP contribution in [0.25, 0.3) is 0 Å². The molecule has 2 N–H and O–H groups in total. The van der Waals surface area contributed by atoms with E-state index >= 15 is 0 Å². The number of carbonyl (C=O) groups is 1. The van der Waals surface area contributed by atoms with Crippen molar-refractivity contribution in [1.29, 1.82) is 0 Å². The number of rotatable bonds is 6. The summed E-state index contributed by atoms with van der Waals surface area (Å²) >= 11 is 0. The third-order valence-electron chi connectivity index (χ3n) is 7.04. The second kappa shape index (κ2) is 9.06. The zero-order chi connectivity index (χ0) is 22.8. The monoisotopic (exact) mass is 446 g/mol. The average Bonchev–Trinajstić information content (AvgIpc) is 3.61. The van der Waals surface area contributed by atoms with Crippen molar-refractivity contribution in [2.45, 2.75) is 57.0 Å². The van der Waals surface area contributed by atoms with Crippen molar-refractivity contribution in [2.24, 2.45) is 11.3 Å². The number of carboxylic acid groups (broad SMARTS) is 2. The Hall–Kier alpha value is -2.67. The molecule has 2 bridgehead atoms. The Bertz CT molecular complexity index is 944. The fourth-order valence-corrected chi connectivity index (χ4v) is 4.89. The molecule has 2 aliphatic heterocycles. The third-order valence-corrected chi connectivity index (χ3v) is 7.04. The predicted molar refractivity (Wildman–Crippen MR) is 114 cm³/mol. The lowest BCUT2D eigenvalue weighted by atomic mass is 9.62. The first kappa shape index (κ1) is 22.5. The SMILES string of the molecule is Fc1ccc(Oc2cccc(C34CCC(CCC5CC5)(CC3)CO4)c2)cc1F.O=C(O)O. The van der Waals surface area contributed by atoms with Gasteiger partial charge in [0.25, 0.3) is 0 Å². The summed E-state index contributed by atoms with van der Waals surface area (Å²) in [7, 11) is 0. The number of halogens is 2. The van der Waals surface area contributed by atoms with Crippen molar-refractivity contribution in [2.75, 3.05) is 6.61 Å². The molecule has 0 unspecified atom stereocenters. The van der Waals surface area contributed by atoms with Crippen LogP contribution in [0.15, 0.2) is 42.5 Å². The van der Waals surface area contributed by atoms with E-state index in [1.807, 2.05) is 18.2 Å². The molecule has 4 aliphatic rings. The molecule has 0 radical (unpaired) electrons. The van der Waals surface area contributed by atoms with E-state index in [9.17, 15) is 8.78 Å². The Morgan fingerprint density at radius 2 is 1.69 bits per heavy atom. The molecule has 32 heavy (non-hydrogen) atoms. The van der Waals surface area contributed by atoms with Crippen LogP contribution in [0.4, 0.5) is 13.6 Å². The Balaban J connectivity index is 0.000000567. The number of fused-ring (bicyclic) bond motifs is 3. The van der Waals surface area contributed by atoms with E-state index in [-0.39, 0.29) is 5.60 Å². The van der Waals surface area contributed by atoms with Crippen molar-refractivity contribution in [1.82, 2.24) is 0 Å². The molecular formula is C25H28F2O5. The summed E-state index contributed by atoms with van der Waals surface area (Å²) in [6, 6.07) is 11.5. The first-order valence-electron chi connectivity index (χ1n) is 11.1. The summed E-state index contributed by atoms with van der Waals surface area (Å²) in [6.07, 6.45) is 8.25. The van der Waals surface area contributed by atoms with Crippen molar-refractivity contribution in [3.05, 3.63) is 59.7 Å². The standard InChI is InChI=1S/C24H26F2O2.CH2O3/c25-21-7-6-20(15-22(21)26)28-19-3-1-2-18(14-19)24-12-10-23(11-13-24,16-27-24)9-8-17-4-5-17;2-1(3)4/h1-3,6-7,14-15,17H,4-5,8-13,16H2;(H2,2,3,4). The number of benzene rings is 2.